The maximum absolute atomic E-state index is 5.82. The minimum Gasteiger partial charge on any atom is -0.461 e. The molecule has 1 unspecified atom stereocenters. The van der Waals surface area contributed by atoms with Crippen LogP contribution in [0.4, 0.5) is 0 Å². The number of nitrogens with two attached hydrogens (primary N) is 1. The summed E-state index contributed by atoms with van der Waals surface area (Å²) in [4.78, 5) is 0. The van der Waals surface area contributed by atoms with Gasteiger partial charge in [0.05, 0.1) is 0 Å². The van der Waals surface area contributed by atoms with E-state index in [1.807, 2.05) is 26.0 Å². The third-order valence-corrected chi connectivity index (χ3v) is 2.98. The number of rotatable bonds is 2. The summed E-state index contributed by atoms with van der Waals surface area (Å²) in [6.45, 7) is 4.00. The van der Waals surface area contributed by atoms with Crippen molar-refractivity contribution in [1.29, 1.82) is 0 Å². The third-order valence-electron chi connectivity index (χ3n) is 2.48. The van der Waals surface area contributed by atoms with E-state index in [0.29, 0.717) is 0 Å². The largest absolute Gasteiger partial charge is 0.461 e. The van der Waals surface area contributed by atoms with Crippen LogP contribution in [-0.4, -0.2) is 6.04 Å². The predicted octanol–water partition coefficient (Wildman–Crippen LogP) is 3.39. The fourth-order valence-corrected chi connectivity index (χ4v) is 2.16. The molecule has 0 saturated carbocycles. The Hall–Kier alpha value is -0.800. The van der Waals surface area contributed by atoms with Crippen molar-refractivity contribution < 1.29 is 4.42 Å². The van der Waals surface area contributed by atoms with Crippen LogP contribution in [0.2, 0.25) is 0 Å². The lowest BCUT2D eigenvalue weighted by atomic mass is 10.0. The molecule has 2 aromatic rings. The van der Waals surface area contributed by atoms with Crippen LogP contribution < -0.4 is 5.73 Å². The van der Waals surface area contributed by atoms with Crippen molar-refractivity contribution in [2.75, 3.05) is 0 Å². The zero-order chi connectivity index (χ0) is 11.0. The summed E-state index contributed by atoms with van der Waals surface area (Å²) in [5.74, 6) is 0.973. The zero-order valence-electron chi connectivity index (χ0n) is 8.88. The van der Waals surface area contributed by atoms with Crippen LogP contribution in [0.15, 0.2) is 27.1 Å². The molecule has 1 atom stereocenters. The first kappa shape index (κ1) is 10.7. The molecular formula is C12H14BrNO. The Kier molecular flexibility index (Phi) is 2.85. The Morgan fingerprint density at radius 3 is 2.87 bits per heavy atom. The first-order valence-electron chi connectivity index (χ1n) is 5.01. The lowest BCUT2D eigenvalue weighted by molar-refractivity contribution is 0.567. The van der Waals surface area contributed by atoms with Gasteiger partial charge in [0.15, 0.2) is 0 Å². The standard InChI is InChI=1S/C12H14BrNO/c1-7(14)5-11-8(2)15-12-6-9(13)3-4-10(11)12/h3-4,6-7H,5,14H2,1-2H3. The van der Waals surface area contributed by atoms with Gasteiger partial charge < -0.3 is 10.2 Å². The fourth-order valence-electron chi connectivity index (χ4n) is 1.82. The molecule has 2 N–H and O–H groups in total. The Bertz CT molecular complexity index is 488. The van der Waals surface area contributed by atoms with Gasteiger partial charge in [-0.05, 0) is 38.5 Å². The highest BCUT2D eigenvalue weighted by atomic mass is 79.9. The van der Waals surface area contributed by atoms with E-state index in [1.165, 1.54) is 10.9 Å². The molecule has 15 heavy (non-hydrogen) atoms. The van der Waals surface area contributed by atoms with E-state index in [0.717, 1.165) is 22.2 Å². The van der Waals surface area contributed by atoms with Gasteiger partial charge in [-0.2, -0.15) is 0 Å². The monoisotopic (exact) mass is 267 g/mol. The molecule has 0 amide bonds. The first-order chi connectivity index (χ1) is 7.08. The molecule has 0 aliphatic carbocycles. The maximum atomic E-state index is 5.82. The van der Waals surface area contributed by atoms with Gasteiger partial charge in [0.2, 0.25) is 0 Å². The molecule has 3 heteroatoms. The van der Waals surface area contributed by atoms with Crippen molar-refractivity contribution in [2.45, 2.75) is 26.3 Å². The van der Waals surface area contributed by atoms with Gasteiger partial charge in [-0.1, -0.05) is 15.9 Å². The second-order valence-corrected chi connectivity index (χ2v) is 4.87. The number of hydrogen-bond donors (Lipinski definition) is 1. The first-order valence-corrected chi connectivity index (χ1v) is 5.80. The molecule has 80 valence electrons. The van der Waals surface area contributed by atoms with Gasteiger partial charge >= 0.3 is 0 Å². The number of aryl methyl sites for hydroxylation is 1. The third kappa shape index (κ3) is 2.08. The summed E-state index contributed by atoms with van der Waals surface area (Å²) in [7, 11) is 0. The number of furan rings is 1. The molecule has 0 saturated heterocycles. The van der Waals surface area contributed by atoms with E-state index in [1.54, 1.807) is 0 Å². The molecule has 0 bridgehead atoms. The summed E-state index contributed by atoms with van der Waals surface area (Å²) in [5.41, 5.74) is 7.98. The molecule has 1 aromatic carbocycles. The Morgan fingerprint density at radius 2 is 2.20 bits per heavy atom. The zero-order valence-corrected chi connectivity index (χ0v) is 10.5. The minimum absolute atomic E-state index is 0.160. The highest BCUT2D eigenvalue weighted by Gasteiger charge is 2.12. The molecule has 2 nitrogen and oxygen atoms in total. The van der Waals surface area contributed by atoms with Crippen molar-refractivity contribution in [1.82, 2.24) is 0 Å². The van der Waals surface area contributed by atoms with Crippen LogP contribution >= 0.6 is 15.9 Å². The van der Waals surface area contributed by atoms with Crippen molar-refractivity contribution in [3.63, 3.8) is 0 Å². The van der Waals surface area contributed by atoms with Crippen LogP contribution in [0.1, 0.15) is 18.2 Å². The van der Waals surface area contributed by atoms with Crippen molar-refractivity contribution in [2.24, 2.45) is 5.73 Å². The van der Waals surface area contributed by atoms with E-state index in [-0.39, 0.29) is 6.04 Å². The van der Waals surface area contributed by atoms with Crippen LogP contribution in [0.3, 0.4) is 0 Å². The van der Waals surface area contributed by atoms with E-state index in [2.05, 4.69) is 22.0 Å². The summed E-state index contributed by atoms with van der Waals surface area (Å²) in [5, 5.41) is 1.17. The molecule has 0 radical (unpaired) electrons. The minimum atomic E-state index is 0.160. The smallest absolute Gasteiger partial charge is 0.135 e. The summed E-state index contributed by atoms with van der Waals surface area (Å²) in [6.07, 6.45) is 0.862. The van der Waals surface area contributed by atoms with Gasteiger partial charge in [-0.25, -0.2) is 0 Å². The van der Waals surface area contributed by atoms with Gasteiger partial charge in [-0.15, -0.1) is 0 Å². The normalized spacial score (nSPS) is 13.3. The quantitative estimate of drug-likeness (QED) is 0.906. The summed E-state index contributed by atoms with van der Waals surface area (Å²) < 4.78 is 6.73. The van der Waals surface area contributed by atoms with Crippen molar-refractivity contribution in [3.8, 4) is 0 Å². The molecule has 1 heterocycles. The Labute approximate surface area is 97.6 Å². The average Bonchev–Trinajstić information content (AvgIpc) is 2.41. The van der Waals surface area contributed by atoms with Crippen LogP contribution in [0.25, 0.3) is 11.0 Å². The molecule has 2 rings (SSSR count). The SMILES string of the molecule is Cc1oc2cc(Br)ccc2c1CC(C)N. The van der Waals surface area contributed by atoms with E-state index >= 15 is 0 Å². The van der Waals surface area contributed by atoms with Crippen molar-refractivity contribution in [3.05, 3.63) is 34.0 Å². The predicted molar refractivity (Wildman–Crippen MR) is 66.0 cm³/mol. The van der Waals surface area contributed by atoms with Gasteiger partial charge in [0.25, 0.3) is 0 Å². The molecule has 0 aliphatic heterocycles. The molecular weight excluding hydrogens is 254 g/mol. The summed E-state index contributed by atoms with van der Waals surface area (Å²) in [6, 6.07) is 6.26. The Morgan fingerprint density at radius 1 is 1.47 bits per heavy atom. The lowest BCUT2D eigenvalue weighted by Crippen LogP contribution is -2.17. The maximum Gasteiger partial charge on any atom is 0.135 e. The van der Waals surface area contributed by atoms with E-state index in [9.17, 15) is 0 Å². The number of benzene rings is 1. The number of halogens is 1. The highest BCUT2D eigenvalue weighted by molar-refractivity contribution is 9.10. The topological polar surface area (TPSA) is 39.2 Å². The number of hydrogen-bond acceptors (Lipinski definition) is 2. The Balaban J connectivity index is 2.58. The molecule has 0 fully saturated rings. The fraction of sp³-hybridized carbons (Fsp3) is 0.333. The van der Waals surface area contributed by atoms with Gasteiger partial charge in [-0.3, -0.25) is 0 Å². The molecule has 1 aromatic heterocycles. The number of fused-ring (bicyclic) bond motifs is 1. The van der Waals surface area contributed by atoms with E-state index in [4.69, 9.17) is 10.2 Å². The molecule has 0 spiro atoms. The second kappa shape index (κ2) is 3.99. The van der Waals surface area contributed by atoms with E-state index < -0.39 is 0 Å². The summed E-state index contributed by atoms with van der Waals surface area (Å²) >= 11 is 3.43. The van der Waals surface area contributed by atoms with Gasteiger partial charge in [0, 0.05) is 21.5 Å². The van der Waals surface area contributed by atoms with Crippen LogP contribution in [-0.2, 0) is 6.42 Å². The lowest BCUT2D eigenvalue weighted by Gasteiger charge is -2.03. The molecule has 0 aliphatic rings. The average molecular weight is 268 g/mol. The van der Waals surface area contributed by atoms with Crippen molar-refractivity contribution >= 4 is 26.9 Å². The highest BCUT2D eigenvalue weighted by Crippen LogP contribution is 2.28. The van der Waals surface area contributed by atoms with Gasteiger partial charge in [0.1, 0.15) is 11.3 Å². The van der Waals surface area contributed by atoms with Crippen LogP contribution in [0, 0.1) is 6.92 Å². The second-order valence-electron chi connectivity index (χ2n) is 3.96. The van der Waals surface area contributed by atoms with Crippen LogP contribution in [0.5, 0.6) is 0 Å².